The molecule has 0 bridgehead atoms. The van der Waals surface area contributed by atoms with Crippen LogP contribution in [0.15, 0.2) is 18.2 Å². The molecule has 1 aliphatic rings. The van der Waals surface area contributed by atoms with Crippen LogP contribution in [-0.4, -0.2) is 48.1 Å². The molecular weight excluding hydrogens is 322 g/mol. The maximum atomic E-state index is 12.7. The number of hydrogen-bond donors (Lipinski definition) is 1. The van der Waals surface area contributed by atoms with Gasteiger partial charge in [-0.3, -0.25) is 19.8 Å². The molecule has 23 heavy (non-hydrogen) atoms. The lowest BCUT2D eigenvalue weighted by molar-refractivity contribution is -0.385. The second kappa shape index (κ2) is 6.49. The molecule has 1 aliphatic heterocycles. The molecule has 1 amide bonds. The molecule has 1 heterocycles. The summed E-state index contributed by atoms with van der Waals surface area (Å²) >= 11 is 0. The SMILES string of the molecule is O=C(NCCN1CC(F)C1)c1cc([N+](=O)[O-])cc(C(F)(F)F)c1. The van der Waals surface area contributed by atoms with Gasteiger partial charge in [0.1, 0.15) is 6.17 Å². The summed E-state index contributed by atoms with van der Waals surface area (Å²) in [4.78, 5) is 23.3. The number of nitro groups is 1. The van der Waals surface area contributed by atoms with Crippen molar-refractivity contribution in [1.29, 1.82) is 0 Å². The van der Waals surface area contributed by atoms with E-state index in [0.29, 0.717) is 18.7 Å². The third-order valence-corrected chi connectivity index (χ3v) is 3.34. The first-order valence-corrected chi connectivity index (χ1v) is 6.68. The number of benzene rings is 1. The summed E-state index contributed by atoms with van der Waals surface area (Å²) < 4.78 is 50.8. The monoisotopic (exact) mass is 335 g/mol. The van der Waals surface area contributed by atoms with Gasteiger partial charge in [-0.1, -0.05) is 0 Å². The zero-order valence-corrected chi connectivity index (χ0v) is 11.8. The number of alkyl halides is 4. The summed E-state index contributed by atoms with van der Waals surface area (Å²) in [5.41, 5.74) is -2.52. The second-order valence-electron chi connectivity index (χ2n) is 5.14. The van der Waals surface area contributed by atoms with E-state index in [1.54, 1.807) is 4.90 Å². The summed E-state index contributed by atoms with van der Waals surface area (Å²) in [6.45, 7) is 0.971. The Hall–Kier alpha value is -2.23. The number of likely N-dealkylation sites (tertiary alicyclic amines) is 1. The van der Waals surface area contributed by atoms with Crippen LogP contribution in [0.25, 0.3) is 0 Å². The number of hydrogen-bond acceptors (Lipinski definition) is 4. The molecule has 0 aliphatic carbocycles. The smallest absolute Gasteiger partial charge is 0.351 e. The Labute approximate surface area is 128 Å². The first-order valence-electron chi connectivity index (χ1n) is 6.68. The van der Waals surface area contributed by atoms with Crippen molar-refractivity contribution in [3.8, 4) is 0 Å². The second-order valence-corrected chi connectivity index (χ2v) is 5.14. The van der Waals surface area contributed by atoms with E-state index in [-0.39, 0.29) is 19.6 Å². The molecule has 0 unspecified atom stereocenters. The van der Waals surface area contributed by atoms with E-state index >= 15 is 0 Å². The summed E-state index contributed by atoms with van der Waals surface area (Å²) in [5.74, 6) is -0.850. The highest BCUT2D eigenvalue weighted by Gasteiger charge is 2.33. The van der Waals surface area contributed by atoms with Gasteiger partial charge in [0, 0.05) is 43.9 Å². The lowest BCUT2D eigenvalue weighted by Gasteiger charge is -2.34. The first kappa shape index (κ1) is 17.1. The van der Waals surface area contributed by atoms with Crippen molar-refractivity contribution in [2.24, 2.45) is 0 Å². The van der Waals surface area contributed by atoms with Crippen LogP contribution in [0.5, 0.6) is 0 Å². The highest BCUT2D eigenvalue weighted by molar-refractivity contribution is 5.95. The summed E-state index contributed by atoms with van der Waals surface area (Å²) in [6, 6.07) is 1.72. The predicted octanol–water partition coefficient (Wildman–Crippen LogP) is 2.00. The van der Waals surface area contributed by atoms with Gasteiger partial charge in [-0.25, -0.2) is 4.39 Å². The lowest BCUT2D eigenvalue weighted by atomic mass is 10.1. The van der Waals surface area contributed by atoms with Gasteiger partial charge in [0.05, 0.1) is 10.5 Å². The zero-order chi connectivity index (χ0) is 17.2. The molecule has 1 fully saturated rings. The molecule has 2 rings (SSSR count). The summed E-state index contributed by atoms with van der Waals surface area (Å²) in [7, 11) is 0. The number of nitro benzene ring substituents is 1. The minimum absolute atomic E-state index is 0.107. The Balaban J connectivity index is 2.06. The van der Waals surface area contributed by atoms with Crippen LogP contribution in [0.4, 0.5) is 23.2 Å². The standard InChI is InChI=1S/C13H13F4N3O3/c14-10-6-19(7-10)2-1-18-12(21)8-3-9(13(15,16)17)5-11(4-8)20(22)23/h3-5,10H,1-2,6-7H2,(H,18,21). The van der Waals surface area contributed by atoms with Crippen LogP contribution in [0.3, 0.4) is 0 Å². The van der Waals surface area contributed by atoms with Crippen LogP contribution in [-0.2, 0) is 6.18 Å². The van der Waals surface area contributed by atoms with Gasteiger partial charge in [-0.05, 0) is 6.07 Å². The lowest BCUT2D eigenvalue weighted by Crippen LogP contribution is -2.50. The number of carbonyl (C=O) groups is 1. The number of halogens is 4. The number of carbonyl (C=O) groups excluding carboxylic acids is 1. The molecule has 0 saturated carbocycles. The van der Waals surface area contributed by atoms with Crippen LogP contribution >= 0.6 is 0 Å². The number of nitrogens with one attached hydrogen (secondary N) is 1. The van der Waals surface area contributed by atoms with Crippen LogP contribution < -0.4 is 5.32 Å². The molecule has 0 atom stereocenters. The topological polar surface area (TPSA) is 75.5 Å². The van der Waals surface area contributed by atoms with Gasteiger partial charge in [0.15, 0.2) is 0 Å². The predicted molar refractivity (Wildman–Crippen MR) is 71.8 cm³/mol. The molecule has 126 valence electrons. The third kappa shape index (κ3) is 4.38. The largest absolute Gasteiger partial charge is 0.416 e. The number of amides is 1. The van der Waals surface area contributed by atoms with Crippen LogP contribution in [0.2, 0.25) is 0 Å². The third-order valence-electron chi connectivity index (χ3n) is 3.34. The van der Waals surface area contributed by atoms with E-state index in [2.05, 4.69) is 5.32 Å². The molecule has 1 N–H and O–H groups in total. The van der Waals surface area contributed by atoms with Crippen molar-refractivity contribution in [1.82, 2.24) is 10.2 Å². The Morgan fingerprint density at radius 1 is 1.35 bits per heavy atom. The fourth-order valence-electron chi connectivity index (χ4n) is 2.13. The Morgan fingerprint density at radius 3 is 2.52 bits per heavy atom. The van der Waals surface area contributed by atoms with E-state index < -0.39 is 40.0 Å². The summed E-state index contributed by atoms with van der Waals surface area (Å²) in [6.07, 6.45) is -5.69. The molecule has 1 aromatic carbocycles. The van der Waals surface area contributed by atoms with Crippen molar-refractivity contribution in [2.45, 2.75) is 12.3 Å². The van der Waals surface area contributed by atoms with Gasteiger partial charge in [-0.15, -0.1) is 0 Å². The normalized spacial score (nSPS) is 16.0. The maximum Gasteiger partial charge on any atom is 0.416 e. The molecule has 0 aromatic heterocycles. The highest BCUT2D eigenvalue weighted by Crippen LogP contribution is 2.32. The van der Waals surface area contributed by atoms with Gasteiger partial charge >= 0.3 is 6.18 Å². The van der Waals surface area contributed by atoms with E-state index in [1.807, 2.05) is 0 Å². The molecular formula is C13H13F4N3O3. The van der Waals surface area contributed by atoms with Gasteiger partial charge < -0.3 is 5.32 Å². The highest BCUT2D eigenvalue weighted by atomic mass is 19.4. The Bertz CT molecular complexity index is 615. The van der Waals surface area contributed by atoms with Crippen molar-refractivity contribution in [3.63, 3.8) is 0 Å². The van der Waals surface area contributed by atoms with Gasteiger partial charge in [-0.2, -0.15) is 13.2 Å². The number of rotatable bonds is 5. The van der Waals surface area contributed by atoms with E-state index in [9.17, 15) is 32.5 Å². The molecule has 10 heteroatoms. The minimum Gasteiger partial charge on any atom is -0.351 e. The average Bonchev–Trinajstić information content (AvgIpc) is 2.43. The zero-order valence-electron chi connectivity index (χ0n) is 11.8. The van der Waals surface area contributed by atoms with Crippen LogP contribution in [0, 0.1) is 10.1 Å². The van der Waals surface area contributed by atoms with Crippen LogP contribution in [0.1, 0.15) is 15.9 Å². The maximum absolute atomic E-state index is 12.7. The molecule has 6 nitrogen and oxygen atoms in total. The Kier molecular flexibility index (Phi) is 4.83. The van der Waals surface area contributed by atoms with Gasteiger partial charge in [0.25, 0.3) is 11.6 Å². The molecule has 1 aromatic rings. The fraction of sp³-hybridized carbons (Fsp3) is 0.462. The average molecular weight is 335 g/mol. The first-order chi connectivity index (χ1) is 10.7. The van der Waals surface area contributed by atoms with Crippen molar-refractivity contribution in [2.75, 3.05) is 26.2 Å². The van der Waals surface area contributed by atoms with E-state index in [0.717, 1.165) is 6.07 Å². The number of non-ortho nitro benzene ring substituents is 1. The minimum atomic E-state index is -4.80. The summed E-state index contributed by atoms with van der Waals surface area (Å²) in [5, 5.41) is 13.1. The van der Waals surface area contributed by atoms with Crippen molar-refractivity contribution >= 4 is 11.6 Å². The number of nitrogens with zero attached hydrogens (tertiary/aromatic N) is 2. The molecule has 0 radical (unpaired) electrons. The van der Waals surface area contributed by atoms with E-state index in [1.165, 1.54) is 0 Å². The van der Waals surface area contributed by atoms with Gasteiger partial charge in [0.2, 0.25) is 0 Å². The van der Waals surface area contributed by atoms with Crippen molar-refractivity contribution < 1.29 is 27.3 Å². The molecule has 0 spiro atoms. The van der Waals surface area contributed by atoms with E-state index in [4.69, 9.17) is 0 Å². The van der Waals surface area contributed by atoms with Crippen molar-refractivity contribution in [3.05, 3.63) is 39.4 Å². The quantitative estimate of drug-likeness (QED) is 0.507. The Morgan fingerprint density at radius 2 is 2.00 bits per heavy atom. The fourth-order valence-corrected chi connectivity index (χ4v) is 2.13. The molecule has 1 saturated heterocycles.